The van der Waals surface area contributed by atoms with Gasteiger partial charge in [-0.05, 0) is 55.1 Å². The molecule has 1 fully saturated rings. The van der Waals surface area contributed by atoms with Gasteiger partial charge in [-0.3, -0.25) is 9.89 Å². The number of hydrogen-bond donors (Lipinski definition) is 2. The van der Waals surface area contributed by atoms with E-state index in [1.54, 1.807) is 0 Å². The van der Waals surface area contributed by atoms with Gasteiger partial charge in [-0.1, -0.05) is 30.3 Å². The lowest BCUT2D eigenvalue weighted by Gasteiger charge is -2.11. The largest absolute Gasteiger partial charge is 0.350 e. The fourth-order valence-electron chi connectivity index (χ4n) is 3.77. The summed E-state index contributed by atoms with van der Waals surface area (Å²) in [5.74, 6) is 1.23. The Morgan fingerprint density at radius 1 is 1.22 bits per heavy atom. The number of hydrogen-bond acceptors (Lipinski definition) is 2. The van der Waals surface area contributed by atoms with E-state index in [2.05, 4.69) is 39.8 Å². The minimum atomic E-state index is 0.154. The van der Waals surface area contributed by atoms with E-state index < -0.39 is 0 Å². The average Bonchev–Trinajstić information content (AvgIpc) is 3.23. The third-order valence-electron chi connectivity index (χ3n) is 5.19. The molecule has 2 atom stereocenters. The fourth-order valence-corrected chi connectivity index (χ4v) is 3.77. The zero-order chi connectivity index (χ0) is 15.6. The number of rotatable bonds is 5. The van der Waals surface area contributed by atoms with Crippen molar-refractivity contribution < 1.29 is 4.79 Å². The third-order valence-corrected chi connectivity index (χ3v) is 5.19. The van der Waals surface area contributed by atoms with Crippen molar-refractivity contribution in [1.29, 1.82) is 0 Å². The minimum Gasteiger partial charge on any atom is -0.350 e. The molecule has 1 aromatic heterocycles. The molecule has 0 saturated heterocycles. The monoisotopic (exact) mass is 309 g/mol. The van der Waals surface area contributed by atoms with Gasteiger partial charge in [0.15, 0.2) is 0 Å². The lowest BCUT2D eigenvalue weighted by molar-refractivity contribution is -0.121. The van der Waals surface area contributed by atoms with E-state index in [1.807, 2.05) is 6.07 Å². The van der Waals surface area contributed by atoms with Gasteiger partial charge in [0.1, 0.15) is 0 Å². The number of benzene rings is 1. The van der Waals surface area contributed by atoms with E-state index >= 15 is 0 Å². The van der Waals surface area contributed by atoms with Gasteiger partial charge in [-0.25, -0.2) is 0 Å². The van der Waals surface area contributed by atoms with Crippen LogP contribution in [0, 0.1) is 5.92 Å². The molecule has 1 aromatic carbocycles. The van der Waals surface area contributed by atoms with Crippen molar-refractivity contribution in [2.24, 2.45) is 5.92 Å². The third kappa shape index (κ3) is 3.16. The number of aromatic amines is 1. The second kappa shape index (κ2) is 6.19. The predicted octanol–water partition coefficient (Wildman–Crippen LogP) is 3.10. The van der Waals surface area contributed by atoms with Crippen LogP contribution in [0.15, 0.2) is 30.3 Å². The zero-order valence-corrected chi connectivity index (χ0v) is 13.3. The summed E-state index contributed by atoms with van der Waals surface area (Å²) >= 11 is 0. The quantitative estimate of drug-likeness (QED) is 0.891. The minimum absolute atomic E-state index is 0.154. The first-order valence-corrected chi connectivity index (χ1v) is 8.68. The van der Waals surface area contributed by atoms with Crippen LogP contribution < -0.4 is 5.32 Å². The molecule has 2 aliphatic rings. The van der Waals surface area contributed by atoms with Gasteiger partial charge in [0.05, 0.1) is 12.2 Å². The molecule has 0 radical (unpaired) electrons. The molecule has 1 amide bonds. The van der Waals surface area contributed by atoms with E-state index in [0.29, 0.717) is 24.8 Å². The van der Waals surface area contributed by atoms with E-state index in [4.69, 9.17) is 0 Å². The molecule has 0 bridgehead atoms. The van der Waals surface area contributed by atoms with Crippen LogP contribution in [-0.2, 0) is 24.2 Å². The van der Waals surface area contributed by atoms with Crippen LogP contribution in [0.4, 0.5) is 0 Å². The maximum atomic E-state index is 12.2. The maximum absolute atomic E-state index is 12.2. The molecule has 2 N–H and O–H groups in total. The zero-order valence-electron chi connectivity index (χ0n) is 13.3. The first kappa shape index (κ1) is 14.5. The number of nitrogens with one attached hydrogen (secondary N) is 2. The summed E-state index contributed by atoms with van der Waals surface area (Å²) in [5.41, 5.74) is 5.01. The van der Waals surface area contributed by atoms with Crippen LogP contribution in [0.2, 0.25) is 0 Å². The summed E-state index contributed by atoms with van der Waals surface area (Å²) in [4.78, 5) is 12.2. The van der Waals surface area contributed by atoms with Gasteiger partial charge in [0.2, 0.25) is 5.91 Å². The molecule has 4 heteroatoms. The molecule has 23 heavy (non-hydrogen) atoms. The van der Waals surface area contributed by atoms with Crippen molar-refractivity contribution in [3.05, 3.63) is 52.8 Å². The summed E-state index contributed by atoms with van der Waals surface area (Å²) < 4.78 is 0. The van der Waals surface area contributed by atoms with E-state index in [-0.39, 0.29) is 5.91 Å². The standard InChI is InChI=1S/C19H23N3O/c23-19(11-14-10-16(14)13-6-2-1-3-7-13)20-12-18-15-8-4-5-9-17(15)21-22-18/h1-3,6-7,14,16H,4-5,8-12H2,(H,20,23)(H,21,22)/t14-,16-/m0/s1. The van der Waals surface area contributed by atoms with Gasteiger partial charge < -0.3 is 5.32 Å². The highest BCUT2D eigenvalue weighted by Crippen LogP contribution is 2.49. The van der Waals surface area contributed by atoms with Crippen molar-refractivity contribution in [3.63, 3.8) is 0 Å². The molecule has 4 rings (SSSR count). The van der Waals surface area contributed by atoms with E-state index in [1.165, 1.54) is 29.7 Å². The van der Waals surface area contributed by atoms with Crippen molar-refractivity contribution in [2.45, 2.75) is 51.0 Å². The molecule has 2 aliphatic carbocycles. The molecule has 2 aromatic rings. The lowest BCUT2D eigenvalue weighted by atomic mass is 9.96. The van der Waals surface area contributed by atoms with E-state index in [9.17, 15) is 4.79 Å². The number of aromatic nitrogens is 2. The number of aryl methyl sites for hydroxylation is 1. The molecule has 1 saturated carbocycles. The van der Waals surface area contributed by atoms with Crippen molar-refractivity contribution in [3.8, 4) is 0 Å². The maximum Gasteiger partial charge on any atom is 0.220 e. The lowest BCUT2D eigenvalue weighted by Crippen LogP contribution is -2.24. The Morgan fingerprint density at radius 2 is 2.04 bits per heavy atom. The summed E-state index contributed by atoms with van der Waals surface area (Å²) in [6, 6.07) is 10.5. The van der Waals surface area contributed by atoms with Crippen molar-refractivity contribution in [1.82, 2.24) is 15.5 Å². The second-order valence-corrected chi connectivity index (χ2v) is 6.83. The Kier molecular flexibility index (Phi) is 3.90. The molecule has 0 unspecified atom stereocenters. The first-order valence-electron chi connectivity index (χ1n) is 8.68. The molecule has 1 heterocycles. The van der Waals surface area contributed by atoms with Gasteiger partial charge in [0.25, 0.3) is 0 Å². The number of amides is 1. The molecular weight excluding hydrogens is 286 g/mol. The van der Waals surface area contributed by atoms with Crippen LogP contribution in [0.3, 0.4) is 0 Å². The molecule has 4 nitrogen and oxygen atoms in total. The SMILES string of the molecule is O=C(C[C@@H]1C[C@H]1c1ccccc1)NCc1n[nH]c2c1CCCC2. The number of carbonyl (C=O) groups is 1. The summed E-state index contributed by atoms with van der Waals surface area (Å²) in [5, 5.41) is 10.6. The number of nitrogens with zero attached hydrogens (tertiary/aromatic N) is 1. The summed E-state index contributed by atoms with van der Waals surface area (Å²) in [6.45, 7) is 0.563. The van der Waals surface area contributed by atoms with Gasteiger partial charge >= 0.3 is 0 Å². The van der Waals surface area contributed by atoms with Crippen molar-refractivity contribution >= 4 is 5.91 Å². The molecule has 120 valence electrons. The highest BCUT2D eigenvalue weighted by molar-refractivity contribution is 5.76. The van der Waals surface area contributed by atoms with Crippen LogP contribution in [0.5, 0.6) is 0 Å². The average molecular weight is 309 g/mol. The van der Waals surface area contributed by atoms with Crippen LogP contribution in [0.1, 0.15) is 54.1 Å². The Bertz CT molecular complexity index is 692. The Balaban J connectivity index is 1.28. The molecule has 0 spiro atoms. The summed E-state index contributed by atoms with van der Waals surface area (Å²) in [6.07, 6.45) is 6.42. The van der Waals surface area contributed by atoms with Gasteiger partial charge in [-0.15, -0.1) is 0 Å². The van der Waals surface area contributed by atoms with Gasteiger partial charge in [0, 0.05) is 12.1 Å². The van der Waals surface area contributed by atoms with E-state index in [0.717, 1.165) is 25.0 Å². The fraction of sp³-hybridized carbons (Fsp3) is 0.474. The smallest absolute Gasteiger partial charge is 0.220 e. The second-order valence-electron chi connectivity index (χ2n) is 6.83. The van der Waals surface area contributed by atoms with Crippen molar-refractivity contribution in [2.75, 3.05) is 0 Å². The van der Waals surface area contributed by atoms with Gasteiger partial charge in [-0.2, -0.15) is 5.10 Å². The Morgan fingerprint density at radius 3 is 2.91 bits per heavy atom. The number of fused-ring (bicyclic) bond motifs is 1. The Labute approximate surface area is 136 Å². The Hall–Kier alpha value is -2.10. The normalized spacial score (nSPS) is 22.4. The van der Waals surface area contributed by atoms with Crippen LogP contribution >= 0.6 is 0 Å². The van der Waals surface area contributed by atoms with Crippen LogP contribution in [-0.4, -0.2) is 16.1 Å². The topological polar surface area (TPSA) is 57.8 Å². The predicted molar refractivity (Wildman–Crippen MR) is 89.0 cm³/mol. The highest BCUT2D eigenvalue weighted by atomic mass is 16.1. The molecular formula is C19H23N3O. The molecule has 0 aliphatic heterocycles. The summed E-state index contributed by atoms with van der Waals surface area (Å²) in [7, 11) is 0. The highest BCUT2D eigenvalue weighted by Gasteiger charge is 2.39. The number of H-pyrrole nitrogens is 1. The first-order chi connectivity index (χ1) is 11.3. The van der Waals surface area contributed by atoms with Crippen LogP contribution in [0.25, 0.3) is 0 Å². The number of carbonyl (C=O) groups excluding carboxylic acids is 1.